The summed E-state index contributed by atoms with van der Waals surface area (Å²) in [6.45, 7) is 8.37. The Labute approximate surface area is 116 Å². The molecule has 4 heteroatoms. The van der Waals surface area contributed by atoms with Gasteiger partial charge in [-0.05, 0) is 32.2 Å². The van der Waals surface area contributed by atoms with Gasteiger partial charge in [0.1, 0.15) is 0 Å². The molecule has 0 aromatic rings. The molecule has 1 aliphatic carbocycles. The Bertz CT molecular complexity index is 311. The first-order valence-electron chi connectivity index (χ1n) is 7.71. The van der Waals surface area contributed by atoms with E-state index in [0.29, 0.717) is 6.10 Å². The van der Waals surface area contributed by atoms with Gasteiger partial charge in [-0.25, -0.2) is 0 Å². The van der Waals surface area contributed by atoms with Gasteiger partial charge in [-0.2, -0.15) is 0 Å². The number of ether oxygens (including phenoxy) is 1. The fourth-order valence-electron chi connectivity index (χ4n) is 2.96. The molecule has 2 fully saturated rings. The average Bonchev–Trinajstić information content (AvgIpc) is 2.90. The zero-order valence-corrected chi connectivity index (χ0v) is 12.5. The van der Waals surface area contributed by atoms with Crippen molar-refractivity contribution in [1.82, 2.24) is 10.6 Å². The Morgan fingerprint density at radius 3 is 2.84 bits per heavy atom. The molecule has 0 aromatic carbocycles. The fraction of sp³-hybridized carbons (Fsp3) is 0.933. The Hall–Kier alpha value is -0.610. The highest BCUT2D eigenvalue weighted by Crippen LogP contribution is 2.42. The van der Waals surface area contributed by atoms with Gasteiger partial charge in [0, 0.05) is 18.1 Å². The first-order valence-corrected chi connectivity index (χ1v) is 7.71. The summed E-state index contributed by atoms with van der Waals surface area (Å²) in [4.78, 5) is 12.1. The van der Waals surface area contributed by atoms with Gasteiger partial charge in [0.2, 0.25) is 5.91 Å². The number of carbonyl (C=O) groups is 1. The second-order valence-electron chi connectivity index (χ2n) is 6.48. The highest BCUT2D eigenvalue weighted by Gasteiger charge is 2.50. The van der Waals surface area contributed by atoms with Crippen molar-refractivity contribution < 1.29 is 9.53 Å². The molecule has 2 N–H and O–H groups in total. The van der Waals surface area contributed by atoms with Crippen molar-refractivity contribution in [3.8, 4) is 0 Å². The minimum absolute atomic E-state index is 0.0239. The molecule has 3 atom stereocenters. The van der Waals surface area contributed by atoms with Gasteiger partial charge in [-0.15, -0.1) is 0 Å². The van der Waals surface area contributed by atoms with Crippen molar-refractivity contribution in [2.75, 3.05) is 13.2 Å². The highest BCUT2D eigenvalue weighted by molar-refractivity contribution is 5.82. The Balaban J connectivity index is 1.75. The summed E-state index contributed by atoms with van der Waals surface area (Å²) in [6.07, 6.45) is 5.61. The zero-order chi connectivity index (χ0) is 13.9. The Kier molecular flexibility index (Phi) is 4.85. The minimum Gasteiger partial charge on any atom is -0.378 e. The van der Waals surface area contributed by atoms with Crippen LogP contribution in [0.15, 0.2) is 0 Å². The molecule has 0 bridgehead atoms. The molecule has 1 amide bonds. The summed E-state index contributed by atoms with van der Waals surface area (Å²) < 4.78 is 5.90. The van der Waals surface area contributed by atoms with E-state index in [1.807, 2.05) is 0 Å². The van der Waals surface area contributed by atoms with Crippen molar-refractivity contribution >= 4 is 5.91 Å². The van der Waals surface area contributed by atoms with Crippen molar-refractivity contribution in [2.24, 2.45) is 5.41 Å². The molecule has 2 aliphatic rings. The summed E-state index contributed by atoms with van der Waals surface area (Å²) >= 11 is 0. The predicted molar refractivity (Wildman–Crippen MR) is 76.0 cm³/mol. The number of unbranched alkanes of at least 4 members (excludes halogenated alkanes) is 1. The maximum atomic E-state index is 12.1. The van der Waals surface area contributed by atoms with Gasteiger partial charge in [-0.1, -0.05) is 27.2 Å². The lowest BCUT2D eigenvalue weighted by molar-refractivity contribution is -0.139. The lowest BCUT2D eigenvalue weighted by Crippen LogP contribution is -2.63. The molecule has 0 radical (unpaired) electrons. The van der Waals surface area contributed by atoms with Crippen LogP contribution < -0.4 is 10.6 Å². The molecule has 1 aliphatic heterocycles. The van der Waals surface area contributed by atoms with Gasteiger partial charge < -0.3 is 15.4 Å². The quantitative estimate of drug-likeness (QED) is 0.723. The van der Waals surface area contributed by atoms with Gasteiger partial charge in [0.25, 0.3) is 0 Å². The smallest absolute Gasteiger partial charge is 0.237 e. The van der Waals surface area contributed by atoms with Crippen molar-refractivity contribution in [3.05, 3.63) is 0 Å². The van der Waals surface area contributed by atoms with Gasteiger partial charge >= 0.3 is 0 Å². The van der Waals surface area contributed by atoms with Gasteiger partial charge in [-0.3, -0.25) is 4.79 Å². The standard InChI is InChI=1S/C15H28N2O2/c1-4-5-9-19-13-10-12(15(13,2)3)17-14(18)11-7-6-8-16-11/h11-13,16H,4-10H2,1-3H3,(H,17,18). The summed E-state index contributed by atoms with van der Waals surface area (Å²) in [5.74, 6) is 0.169. The van der Waals surface area contributed by atoms with E-state index in [1.165, 1.54) is 6.42 Å². The predicted octanol–water partition coefficient (Wildman–Crippen LogP) is 1.84. The van der Waals surface area contributed by atoms with Crippen LogP contribution in [0.4, 0.5) is 0 Å². The van der Waals surface area contributed by atoms with Crippen LogP contribution in [0.3, 0.4) is 0 Å². The Morgan fingerprint density at radius 2 is 2.26 bits per heavy atom. The van der Waals surface area contributed by atoms with E-state index in [9.17, 15) is 4.79 Å². The number of nitrogens with one attached hydrogen (secondary N) is 2. The molecule has 1 saturated heterocycles. The molecular formula is C15H28N2O2. The van der Waals surface area contributed by atoms with Crippen LogP contribution in [0.2, 0.25) is 0 Å². The van der Waals surface area contributed by atoms with Gasteiger partial charge in [0.05, 0.1) is 12.1 Å². The molecule has 4 nitrogen and oxygen atoms in total. The third-order valence-electron chi connectivity index (χ3n) is 4.69. The molecule has 110 valence electrons. The zero-order valence-electron chi connectivity index (χ0n) is 12.5. The SMILES string of the molecule is CCCCOC1CC(NC(=O)C2CCCN2)C1(C)C. The van der Waals surface area contributed by atoms with E-state index in [1.54, 1.807) is 0 Å². The van der Waals surface area contributed by atoms with Gasteiger partial charge in [0.15, 0.2) is 0 Å². The van der Waals surface area contributed by atoms with E-state index in [-0.39, 0.29) is 23.4 Å². The average molecular weight is 268 g/mol. The summed E-state index contributed by atoms with van der Waals surface area (Å²) in [5, 5.41) is 6.43. The molecule has 1 heterocycles. The van der Waals surface area contributed by atoms with Crippen LogP contribution in [0, 0.1) is 5.41 Å². The highest BCUT2D eigenvalue weighted by atomic mass is 16.5. The number of amides is 1. The normalized spacial score (nSPS) is 32.9. The van der Waals surface area contributed by atoms with Crippen LogP contribution in [0.5, 0.6) is 0 Å². The lowest BCUT2D eigenvalue weighted by atomic mass is 9.64. The van der Waals surface area contributed by atoms with Crippen molar-refractivity contribution in [1.29, 1.82) is 0 Å². The number of hydrogen-bond donors (Lipinski definition) is 2. The van der Waals surface area contributed by atoms with Crippen molar-refractivity contribution in [2.45, 2.75) is 71.1 Å². The van der Waals surface area contributed by atoms with Crippen LogP contribution in [0.1, 0.15) is 52.9 Å². The maximum absolute atomic E-state index is 12.1. The molecule has 19 heavy (non-hydrogen) atoms. The van der Waals surface area contributed by atoms with Crippen molar-refractivity contribution in [3.63, 3.8) is 0 Å². The molecule has 0 aromatic heterocycles. The molecule has 3 unspecified atom stereocenters. The van der Waals surface area contributed by atoms with E-state index in [0.717, 1.165) is 38.8 Å². The Morgan fingerprint density at radius 1 is 1.47 bits per heavy atom. The summed E-state index contributed by atoms with van der Waals surface area (Å²) in [6, 6.07) is 0.282. The van der Waals surface area contributed by atoms with Crippen LogP contribution in [-0.4, -0.2) is 37.2 Å². The first kappa shape index (κ1) is 14.8. The second kappa shape index (κ2) is 6.23. The third kappa shape index (κ3) is 3.29. The molecular weight excluding hydrogens is 240 g/mol. The minimum atomic E-state index is 0.0239. The van der Waals surface area contributed by atoms with E-state index >= 15 is 0 Å². The van der Waals surface area contributed by atoms with Crippen LogP contribution >= 0.6 is 0 Å². The third-order valence-corrected chi connectivity index (χ3v) is 4.69. The summed E-state index contributed by atoms with van der Waals surface area (Å²) in [5.41, 5.74) is 0.0575. The monoisotopic (exact) mass is 268 g/mol. The van der Waals surface area contributed by atoms with E-state index < -0.39 is 0 Å². The summed E-state index contributed by atoms with van der Waals surface area (Å²) in [7, 11) is 0. The number of rotatable bonds is 6. The largest absolute Gasteiger partial charge is 0.378 e. The number of carbonyl (C=O) groups excluding carboxylic acids is 1. The first-order chi connectivity index (χ1) is 9.05. The topological polar surface area (TPSA) is 50.4 Å². The molecule has 0 spiro atoms. The fourth-order valence-corrected chi connectivity index (χ4v) is 2.96. The second-order valence-corrected chi connectivity index (χ2v) is 6.48. The molecule has 2 rings (SSSR count). The van der Waals surface area contributed by atoms with E-state index in [4.69, 9.17) is 4.74 Å². The van der Waals surface area contributed by atoms with Crippen LogP contribution in [0.25, 0.3) is 0 Å². The maximum Gasteiger partial charge on any atom is 0.237 e. The number of hydrogen-bond acceptors (Lipinski definition) is 3. The van der Waals surface area contributed by atoms with Crippen LogP contribution in [-0.2, 0) is 9.53 Å². The lowest BCUT2D eigenvalue weighted by Gasteiger charge is -2.51. The van der Waals surface area contributed by atoms with E-state index in [2.05, 4.69) is 31.4 Å². The molecule has 1 saturated carbocycles.